The Kier molecular flexibility index (Phi) is 4.68. The van der Waals surface area contributed by atoms with Crippen LogP contribution in [-0.2, 0) is 9.84 Å². The van der Waals surface area contributed by atoms with Gasteiger partial charge in [-0.3, -0.25) is 0 Å². The van der Waals surface area contributed by atoms with E-state index in [0.717, 1.165) is 11.1 Å². The minimum atomic E-state index is -3.35. The van der Waals surface area contributed by atoms with Crippen LogP contribution in [0.15, 0.2) is 24.3 Å². The SMILES string of the molecule is CCS(=O)(=O)[C@@H](CO)[C@@H](N)c1cccc(C)c1. The summed E-state index contributed by atoms with van der Waals surface area (Å²) in [4.78, 5) is 0. The van der Waals surface area contributed by atoms with Crippen molar-refractivity contribution in [1.82, 2.24) is 0 Å². The Balaban J connectivity index is 3.06. The molecular weight excluding hydrogens is 238 g/mol. The molecule has 0 aliphatic rings. The summed E-state index contributed by atoms with van der Waals surface area (Å²) < 4.78 is 23.6. The number of aliphatic hydroxyl groups excluding tert-OH is 1. The molecule has 0 aliphatic carbocycles. The molecule has 0 heterocycles. The molecule has 0 saturated carbocycles. The third-order valence-electron chi connectivity index (χ3n) is 2.87. The van der Waals surface area contributed by atoms with Crippen molar-refractivity contribution >= 4 is 9.84 Å². The normalized spacial score (nSPS) is 15.5. The van der Waals surface area contributed by atoms with E-state index in [2.05, 4.69) is 0 Å². The van der Waals surface area contributed by atoms with E-state index >= 15 is 0 Å². The van der Waals surface area contributed by atoms with E-state index in [-0.39, 0.29) is 5.75 Å². The highest BCUT2D eigenvalue weighted by molar-refractivity contribution is 7.92. The number of benzene rings is 1. The smallest absolute Gasteiger partial charge is 0.157 e. The van der Waals surface area contributed by atoms with Gasteiger partial charge >= 0.3 is 0 Å². The van der Waals surface area contributed by atoms with Crippen molar-refractivity contribution in [1.29, 1.82) is 0 Å². The second kappa shape index (κ2) is 5.62. The minimum Gasteiger partial charge on any atom is -0.395 e. The van der Waals surface area contributed by atoms with Gasteiger partial charge in [-0.15, -0.1) is 0 Å². The Morgan fingerprint density at radius 2 is 2.06 bits per heavy atom. The molecule has 4 nitrogen and oxygen atoms in total. The van der Waals surface area contributed by atoms with Crippen LogP contribution in [0.2, 0.25) is 0 Å². The summed E-state index contributed by atoms with van der Waals surface area (Å²) in [7, 11) is -3.35. The summed E-state index contributed by atoms with van der Waals surface area (Å²) in [5.74, 6) is -0.0161. The number of hydrogen-bond acceptors (Lipinski definition) is 4. The van der Waals surface area contributed by atoms with E-state index in [1.807, 2.05) is 25.1 Å². The first-order chi connectivity index (χ1) is 7.92. The van der Waals surface area contributed by atoms with Gasteiger partial charge in [0.2, 0.25) is 0 Å². The minimum absolute atomic E-state index is 0.0161. The molecule has 0 radical (unpaired) electrons. The maximum absolute atomic E-state index is 11.8. The number of sulfone groups is 1. The molecule has 1 aromatic rings. The van der Waals surface area contributed by atoms with Gasteiger partial charge in [0.15, 0.2) is 9.84 Å². The highest BCUT2D eigenvalue weighted by atomic mass is 32.2. The van der Waals surface area contributed by atoms with Crippen LogP contribution in [-0.4, -0.2) is 31.1 Å². The fourth-order valence-electron chi connectivity index (χ4n) is 1.76. The molecule has 0 spiro atoms. The number of aliphatic hydroxyl groups is 1. The van der Waals surface area contributed by atoms with Gasteiger partial charge < -0.3 is 10.8 Å². The molecular formula is C12H19NO3S. The number of hydrogen-bond donors (Lipinski definition) is 2. The lowest BCUT2D eigenvalue weighted by Crippen LogP contribution is -2.37. The lowest BCUT2D eigenvalue weighted by Gasteiger charge is -2.22. The van der Waals surface area contributed by atoms with E-state index in [1.165, 1.54) is 0 Å². The summed E-state index contributed by atoms with van der Waals surface area (Å²) in [5.41, 5.74) is 7.70. The lowest BCUT2D eigenvalue weighted by atomic mass is 10.0. The fraction of sp³-hybridized carbons (Fsp3) is 0.500. The summed E-state index contributed by atoms with van der Waals surface area (Å²) in [6, 6.07) is 6.69. The first-order valence-electron chi connectivity index (χ1n) is 5.57. The molecule has 3 N–H and O–H groups in total. The summed E-state index contributed by atoms with van der Waals surface area (Å²) >= 11 is 0. The molecule has 0 bridgehead atoms. The molecule has 0 aliphatic heterocycles. The summed E-state index contributed by atoms with van der Waals surface area (Å²) in [6.07, 6.45) is 0. The largest absolute Gasteiger partial charge is 0.395 e. The van der Waals surface area contributed by atoms with Gasteiger partial charge in [-0.05, 0) is 12.5 Å². The van der Waals surface area contributed by atoms with Crippen LogP contribution in [0.5, 0.6) is 0 Å². The average Bonchev–Trinajstić information content (AvgIpc) is 2.29. The number of aryl methyl sites for hydroxylation is 1. The first-order valence-corrected chi connectivity index (χ1v) is 7.28. The van der Waals surface area contributed by atoms with Crippen LogP contribution in [0.4, 0.5) is 0 Å². The third kappa shape index (κ3) is 3.28. The second-order valence-electron chi connectivity index (χ2n) is 4.11. The van der Waals surface area contributed by atoms with E-state index in [4.69, 9.17) is 5.73 Å². The van der Waals surface area contributed by atoms with Crippen LogP contribution in [0.3, 0.4) is 0 Å². The molecule has 0 unspecified atom stereocenters. The monoisotopic (exact) mass is 257 g/mol. The van der Waals surface area contributed by atoms with Gasteiger partial charge in [-0.1, -0.05) is 36.8 Å². The molecule has 0 amide bonds. The Hall–Kier alpha value is -0.910. The predicted octanol–water partition coefficient (Wildman–Crippen LogP) is 0.790. The third-order valence-corrected chi connectivity index (χ3v) is 5.04. The van der Waals surface area contributed by atoms with Gasteiger partial charge in [0.1, 0.15) is 5.25 Å². The molecule has 0 aromatic heterocycles. The van der Waals surface area contributed by atoms with E-state index < -0.39 is 27.7 Å². The van der Waals surface area contributed by atoms with Crippen molar-refractivity contribution in [2.45, 2.75) is 25.1 Å². The van der Waals surface area contributed by atoms with Crippen molar-refractivity contribution in [3.05, 3.63) is 35.4 Å². The van der Waals surface area contributed by atoms with E-state index in [9.17, 15) is 13.5 Å². The van der Waals surface area contributed by atoms with Gasteiger partial charge in [0.05, 0.1) is 6.61 Å². The highest BCUT2D eigenvalue weighted by Gasteiger charge is 2.30. The van der Waals surface area contributed by atoms with Crippen molar-refractivity contribution in [3.63, 3.8) is 0 Å². The summed E-state index contributed by atoms with van der Waals surface area (Å²) in [6.45, 7) is 3.02. The molecule has 0 saturated heterocycles. The second-order valence-corrected chi connectivity index (χ2v) is 6.62. The maximum Gasteiger partial charge on any atom is 0.157 e. The van der Waals surface area contributed by atoms with Gasteiger partial charge in [0.25, 0.3) is 0 Å². The van der Waals surface area contributed by atoms with E-state index in [0.29, 0.717) is 0 Å². The molecule has 1 rings (SSSR count). The molecule has 96 valence electrons. The number of rotatable bonds is 5. The molecule has 17 heavy (non-hydrogen) atoms. The maximum atomic E-state index is 11.8. The van der Waals surface area contributed by atoms with Gasteiger partial charge in [0, 0.05) is 11.8 Å². The molecule has 1 aromatic carbocycles. The van der Waals surface area contributed by atoms with Crippen molar-refractivity contribution in [2.24, 2.45) is 5.73 Å². The van der Waals surface area contributed by atoms with E-state index in [1.54, 1.807) is 13.0 Å². The average molecular weight is 257 g/mol. The predicted molar refractivity (Wildman–Crippen MR) is 68.4 cm³/mol. The zero-order valence-corrected chi connectivity index (χ0v) is 10.9. The van der Waals surface area contributed by atoms with Gasteiger partial charge in [-0.25, -0.2) is 8.42 Å². The van der Waals surface area contributed by atoms with Crippen LogP contribution in [0.1, 0.15) is 24.1 Å². The van der Waals surface area contributed by atoms with Crippen LogP contribution < -0.4 is 5.73 Å². The Bertz CT molecular complexity index is 470. The molecule has 0 fully saturated rings. The van der Waals surface area contributed by atoms with Crippen LogP contribution in [0.25, 0.3) is 0 Å². The van der Waals surface area contributed by atoms with Crippen LogP contribution >= 0.6 is 0 Å². The van der Waals surface area contributed by atoms with Crippen molar-refractivity contribution < 1.29 is 13.5 Å². The zero-order valence-electron chi connectivity index (χ0n) is 10.1. The fourth-order valence-corrected chi connectivity index (χ4v) is 3.02. The summed E-state index contributed by atoms with van der Waals surface area (Å²) in [5, 5.41) is 8.30. The Labute approximate surface area is 102 Å². The lowest BCUT2D eigenvalue weighted by molar-refractivity contribution is 0.277. The Morgan fingerprint density at radius 1 is 1.41 bits per heavy atom. The number of nitrogens with two attached hydrogens (primary N) is 1. The molecule has 5 heteroatoms. The Morgan fingerprint density at radius 3 is 2.53 bits per heavy atom. The standard InChI is InChI=1S/C12H19NO3S/c1-3-17(15,16)11(8-14)12(13)10-6-4-5-9(2)7-10/h4-7,11-12,14H,3,8,13H2,1-2H3/t11-,12-/m0/s1. The highest BCUT2D eigenvalue weighted by Crippen LogP contribution is 2.21. The zero-order chi connectivity index (χ0) is 13.1. The quantitative estimate of drug-likeness (QED) is 0.817. The van der Waals surface area contributed by atoms with Gasteiger partial charge in [-0.2, -0.15) is 0 Å². The van der Waals surface area contributed by atoms with Crippen molar-refractivity contribution in [2.75, 3.05) is 12.4 Å². The molecule has 2 atom stereocenters. The van der Waals surface area contributed by atoms with Crippen molar-refractivity contribution in [3.8, 4) is 0 Å². The topological polar surface area (TPSA) is 80.4 Å². The first kappa shape index (κ1) is 14.2. The van der Waals surface area contributed by atoms with Crippen LogP contribution in [0, 0.1) is 6.92 Å².